The van der Waals surface area contributed by atoms with Crippen molar-refractivity contribution in [3.63, 3.8) is 0 Å². The van der Waals surface area contributed by atoms with Gasteiger partial charge in [0.1, 0.15) is 0 Å². The molecular weight excluding hydrogens is 488 g/mol. The van der Waals surface area contributed by atoms with Crippen LogP contribution in [0.3, 0.4) is 0 Å². The summed E-state index contributed by atoms with van der Waals surface area (Å²) in [6, 6.07) is 15.3. The second-order valence-electron chi connectivity index (χ2n) is 10.1. The number of carbonyl (C=O) groups excluding carboxylic acids is 1. The van der Waals surface area contributed by atoms with Crippen LogP contribution in [0.1, 0.15) is 34.4 Å². The van der Waals surface area contributed by atoms with Crippen molar-refractivity contribution in [2.24, 2.45) is 0 Å². The molecule has 0 spiro atoms. The maximum atomic E-state index is 12.2. The number of nitrogens with zero attached hydrogens (tertiary/aromatic N) is 4. The summed E-state index contributed by atoms with van der Waals surface area (Å²) in [5.41, 5.74) is 6.19. The van der Waals surface area contributed by atoms with Gasteiger partial charge in [-0.25, -0.2) is 4.98 Å². The number of hydrogen-bond donors (Lipinski definition) is 0. The lowest BCUT2D eigenvalue weighted by Gasteiger charge is -2.30. The number of aromatic nitrogens is 1. The van der Waals surface area contributed by atoms with Crippen LogP contribution in [0.2, 0.25) is 0 Å². The summed E-state index contributed by atoms with van der Waals surface area (Å²) in [6.07, 6.45) is 5.49. The normalized spacial score (nSPS) is 19.6. The summed E-state index contributed by atoms with van der Waals surface area (Å²) in [5, 5.41) is 1.07. The Morgan fingerprint density at radius 1 is 0.917 bits per heavy atom. The molecule has 3 aromatic rings. The van der Waals surface area contributed by atoms with Gasteiger partial charge in [-0.1, -0.05) is 18.2 Å². The van der Waals surface area contributed by atoms with Crippen LogP contribution in [0, 0.1) is 0 Å². The topological polar surface area (TPSA) is 56.8 Å². The molecule has 4 heterocycles. The summed E-state index contributed by atoms with van der Waals surface area (Å²) in [7, 11) is -1.87. The number of amides is 1. The Balaban J connectivity index is 1.10. The lowest BCUT2D eigenvalue weighted by Crippen LogP contribution is -2.40. The van der Waals surface area contributed by atoms with E-state index in [2.05, 4.69) is 58.1 Å². The quantitative estimate of drug-likeness (QED) is 0.477. The molecule has 6 nitrogen and oxygen atoms in total. The van der Waals surface area contributed by atoms with E-state index in [4.69, 9.17) is 4.98 Å². The Morgan fingerprint density at radius 3 is 2.44 bits per heavy atom. The van der Waals surface area contributed by atoms with Crippen LogP contribution in [0.5, 0.6) is 0 Å². The number of hydrogen-bond acceptors (Lipinski definition) is 6. The summed E-state index contributed by atoms with van der Waals surface area (Å²) in [6.45, 7) is 4.26. The lowest BCUT2D eigenvalue weighted by molar-refractivity contribution is -0.117. The van der Waals surface area contributed by atoms with E-state index in [1.54, 1.807) is 11.3 Å². The third kappa shape index (κ3) is 4.89. The Hall–Kier alpha value is -2.84. The number of thiazole rings is 1. The van der Waals surface area contributed by atoms with E-state index in [0.29, 0.717) is 17.9 Å². The minimum Gasteiger partial charge on any atom is -0.370 e. The molecule has 1 amide bonds. The molecule has 0 atom stereocenters. The zero-order chi connectivity index (χ0) is 24.7. The summed E-state index contributed by atoms with van der Waals surface area (Å²) in [4.78, 5) is 24.8. The molecule has 2 aromatic carbocycles. The maximum Gasteiger partial charge on any atom is 0.227 e. The Kier molecular flexibility index (Phi) is 6.25. The van der Waals surface area contributed by atoms with Gasteiger partial charge < -0.3 is 14.7 Å². The highest BCUT2D eigenvalue weighted by atomic mass is 32.2. The first-order valence-corrected chi connectivity index (χ1v) is 15.6. The second-order valence-corrected chi connectivity index (χ2v) is 13.9. The van der Waals surface area contributed by atoms with Gasteiger partial charge in [-0.05, 0) is 69.2 Å². The third-order valence-electron chi connectivity index (χ3n) is 7.55. The minimum atomic E-state index is -1.87. The number of rotatable bonds is 5. The predicted octanol–water partition coefficient (Wildman–Crippen LogP) is 3.96. The number of anilines is 3. The Morgan fingerprint density at radius 2 is 1.69 bits per heavy atom. The summed E-state index contributed by atoms with van der Waals surface area (Å²) < 4.78 is 12.1. The zero-order valence-corrected chi connectivity index (χ0v) is 22.2. The highest BCUT2D eigenvalue weighted by Gasteiger charge is 2.25. The number of benzene rings is 2. The average molecular weight is 521 g/mol. The van der Waals surface area contributed by atoms with Gasteiger partial charge in [0.15, 0.2) is 5.13 Å². The van der Waals surface area contributed by atoms with Crippen LogP contribution in [0.15, 0.2) is 48.7 Å². The zero-order valence-electron chi connectivity index (χ0n) is 20.5. The number of fused-ring (bicyclic) bond motifs is 1. The van der Waals surface area contributed by atoms with Crippen LogP contribution in [-0.4, -0.2) is 58.7 Å². The van der Waals surface area contributed by atoms with E-state index in [0.717, 1.165) is 62.8 Å². The predicted molar refractivity (Wildman–Crippen MR) is 151 cm³/mol. The fourth-order valence-corrected chi connectivity index (χ4v) is 7.65. The van der Waals surface area contributed by atoms with Crippen molar-refractivity contribution in [2.75, 3.05) is 52.4 Å². The molecule has 6 rings (SSSR count). The summed E-state index contributed by atoms with van der Waals surface area (Å²) >= 11 is 1.77. The Labute approximate surface area is 217 Å². The monoisotopic (exact) mass is 520 g/mol. The van der Waals surface area contributed by atoms with E-state index < -0.39 is 9.52 Å². The van der Waals surface area contributed by atoms with Gasteiger partial charge in [-0.2, -0.15) is 0 Å². The fraction of sp³-hybridized carbons (Fsp3) is 0.393. The van der Waals surface area contributed by atoms with Crippen LogP contribution in [0.25, 0.3) is 0 Å². The third-order valence-corrected chi connectivity index (χ3v) is 10.5. The van der Waals surface area contributed by atoms with Crippen LogP contribution in [-0.2, 0) is 33.7 Å². The fourth-order valence-electron chi connectivity index (χ4n) is 5.37. The van der Waals surface area contributed by atoms with E-state index in [1.165, 1.54) is 27.3 Å². The van der Waals surface area contributed by atoms with Gasteiger partial charge in [0.2, 0.25) is 5.91 Å². The van der Waals surface area contributed by atoms with Crippen molar-refractivity contribution in [1.29, 1.82) is 0 Å². The smallest absolute Gasteiger partial charge is 0.227 e. The Bertz CT molecular complexity index is 1370. The van der Waals surface area contributed by atoms with Gasteiger partial charge >= 0.3 is 0 Å². The van der Waals surface area contributed by atoms with Crippen LogP contribution >= 0.6 is 11.3 Å². The molecule has 0 aliphatic carbocycles. The van der Waals surface area contributed by atoms with Crippen molar-refractivity contribution >= 4 is 49.1 Å². The SMILES string of the molecule is C=S1(=O)CCN(c2ccc(Cc3cnc(N4CCc5ccc(N6CCCC6=O)cc5C4)s3)cc2)CC1. The van der Waals surface area contributed by atoms with E-state index in [1.807, 2.05) is 11.1 Å². The molecule has 0 bridgehead atoms. The van der Waals surface area contributed by atoms with Crippen molar-refractivity contribution in [2.45, 2.75) is 32.2 Å². The average Bonchev–Trinajstić information content (AvgIpc) is 3.53. The van der Waals surface area contributed by atoms with E-state index >= 15 is 0 Å². The lowest BCUT2D eigenvalue weighted by atomic mass is 9.99. The van der Waals surface area contributed by atoms with Gasteiger partial charge in [0.05, 0.1) is 0 Å². The van der Waals surface area contributed by atoms with Gasteiger partial charge in [0.25, 0.3) is 0 Å². The first-order valence-electron chi connectivity index (χ1n) is 12.7. The molecule has 0 unspecified atom stereocenters. The minimum absolute atomic E-state index is 0.236. The van der Waals surface area contributed by atoms with Crippen molar-refractivity contribution in [1.82, 2.24) is 4.98 Å². The summed E-state index contributed by atoms with van der Waals surface area (Å²) in [5.74, 6) is 5.46. The molecular formula is C28H32N4O2S2. The highest BCUT2D eigenvalue weighted by molar-refractivity contribution is 8.00. The molecule has 8 heteroatoms. The molecule has 3 aliphatic heterocycles. The molecule has 36 heavy (non-hydrogen) atoms. The largest absolute Gasteiger partial charge is 0.370 e. The first kappa shape index (κ1) is 23.6. The van der Waals surface area contributed by atoms with Gasteiger partial charge in [-0.15, -0.1) is 11.3 Å². The molecule has 2 saturated heterocycles. The van der Waals surface area contributed by atoms with E-state index in [-0.39, 0.29) is 5.91 Å². The van der Waals surface area contributed by atoms with Crippen molar-refractivity contribution in [3.8, 4) is 0 Å². The molecule has 0 N–H and O–H groups in total. The molecule has 2 fully saturated rings. The van der Waals surface area contributed by atoms with Crippen molar-refractivity contribution in [3.05, 3.63) is 70.2 Å². The molecule has 1 aromatic heterocycles. The molecule has 0 radical (unpaired) electrons. The van der Waals surface area contributed by atoms with Gasteiger partial charge in [-0.3, -0.25) is 9.00 Å². The highest BCUT2D eigenvalue weighted by Crippen LogP contribution is 2.32. The second kappa shape index (κ2) is 9.56. The molecule has 0 saturated carbocycles. The first-order chi connectivity index (χ1) is 17.4. The van der Waals surface area contributed by atoms with Crippen LogP contribution < -0.4 is 14.7 Å². The van der Waals surface area contributed by atoms with Crippen LogP contribution in [0.4, 0.5) is 16.5 Å². The maximum absolute atomic E-state index is 12.2. The molecule has 188 valence electrons. The van der Waals surface area contributed by atoms with E-state index in [9.17, 15) is 9.00 Å². The van der Waals surface area contributed by atoms with Crippen molar-refractivity contribution < 1.29 is 9.00 Å². The standard InChI is InChI=1S/C28H32N4O2S2/c1-36(34)15-13-30(14-16-36)24-7-4-21(5-8-24)17-26-19-29-28(35-26)31-12-10-22-6-9-25(18-23(22)20-31)32-11-2-3-27(32)33/h4-9,18-19H,1-3,10-17,20H2. The number of carbonyl (C=O) groups is 1. The molecule has 3 aliphatic rings. The van der Waals surface area contributed by atoms with Gasteiger partial charge in [0, 0.05) is 79.5 Å².